The quantitative estimate of drug-likeness (QED) is 0.202. The molecule has 4 aromatic rings. The summed E-state index contributed by atoms with van der Waals surface area (Å²) in [5.41, 5.74) is 1.92. The molecule has 0 aliphatic carbocycles. The lowest BCUT2D eigenvalue weighted by Crippen LogP contribution is -2.43. The number of aromatic amines is 1. The van der Waals surface area contributed by atoms with Crippen LogP contribution in [-0.4, -0.2) is 27.1 Å². The zero-order valence-corrected chi connectivity index (χ0v) is 24.4. The third-order valence-electron chi connectivity index (χ3n) is 5.81. The maximum absolute atomic E-state index is 14.4. The number of alkyl halides is 6. The minimum atomic E-state index is -4.77. The second kappa shape index (κ2) is 13.0. The first-order valence-electron chi connectivity index (χ1n) is 12.5. The Balaban J connectivity index is 0.000000353. The van der Waals surface area contributed by atoms with Crippen molar-refractivity contribution in [1.82, 2.24) is 15.0 Å². The van der Waals surface area contributed by atoms with E-state index >= 15 is 0 Å². The number of halogens is 9. The van der Waals surface area contributed by atoms with Gasteiger partial charge >= 0.3 is 12.4 Å². The van der Waals surface area contributed by atoms with Crippen LogP contribution in [0.1, 0.15) is 38.3 Å². The molecular formula is C28H25BrF8N4O2. The first-order chi connectivity index (χ1) is 19.8. The van der Waals surface area contributed by atoms with Crippen LogP contribution in [0, 0.1) is 17.6 Å². The number of pyridine rings is 3. The number of hydrogen-bond donors (Lipinski definition) is 2. The topological polar surface area (TPSA) is 93.9 Å². The monoisotopic (exact) mass is 680 g/mol. The standard InChI is InChI=1S/C22H22F5N3O.C6H3BrF3NO/c1-12(2)9-21(3,28)11-31-20-16(22(25,26)27)6-13(10-30-20)15-4-5-29-18-8-14(23)7-17(24)19(15)18;7-3-1-4(6(8,9)10)5(12)11-2-3/h4-8,10,12H,9,11,28H2,1-3H3;1-2H,(H,11,12)/t21-;/m0./s1. The summed E-state index contributed by atoms with van der Waals surface area (Å²) in [4.78, 5) is 20.3. The van der Waals surface area contributed by atoms with Crippen molar-refractivity contribution in [3.8, 4) is 17.0 Å². The Hall–Kier alpha value is -3.59. The highest BCUT2D eigenvalue weighted by Crippen LogP contribution is 2.39. The minimum absolute atomic E-state index is 0.00438. The molecule has 3 heterocycles. The van der Waals surface area contributed by atoms with E-state index in [-0.39, 0.29) is 39.0 Å². The van der Waals surface area contributed by atoms with Gasteiger partial charge < -0.3 is 15.5 Å². The van der Waals surface area contributed by atoms with Gasteiger partial charge in [0, 0.05) is 51.7 Å². The van der Waals surface area contributed by atoms with Gasteiger partial charge in [0.05, 0.1) is 5.52 Å². The summed E-state index contributed by atoms with van der Waals surface area (Å²) in [7, 11) is 0. The van der Waals surface area contributed by atoms with E-state index in [2.05, 4.69) is 25.9 Å². The molecule has 4 rings (SSSR count). The van der Waals surface area contributed by atoms with Gasteiger partial charge in [-0.25, -0.2) is 13.8 Å². The molecule has 1 aromatic carbocycles. The molecule has 1 atom stereocenters. The zero-order chi connectivity index (χ0) is 32.3. The largest absolute Gasteiger partial charge is 0.475 e. The van der Waals surface area contributed by atoms with Crippen LogP contribution in [0.25, 0.3) is 22.0 Å². The van der Waals surface area contributed by atoms with Crippen LogP contribution < -0.4 is 16.0 Å². The van der Waals surface area contributed by atoms with E-state index in [4.69, 9.17) is 10.5 Å². The van der Waals surface area contributed by atoms with Crippen molar-refractivity contribution < 1.29 is 39.9 Å². The maximum Gasteiger partial charge on any atom is 0.421 e. The van der Waals surface area contributed by atoms with Gasteiger partial charge in [0.25, 0.3) is 5.56 Å². The van der Waals surface area contributed by atoms with E-state index in [0.29, 0.717) is 12.5 Å². The van der Waals surface area contributed by atoms with E-state index in [1.165, 1.54) is 12.3 Å². The number of aromatic nitrogens is 3. The molecule has 15 heteroatoms. The van der Waals surface area contributed by atoms with Gasteiger partial charge in [-0.1, -0.05) is 13.8 Å². The Morgan fingerprint density at radius 1 is 1.00 bits per heavy atom. The molecule has 0 spiro atoms. The summed E-state index contributed by atoms with van der Waals surface area (Å²) < 4.78 is 111. The van der Waals surface area contributed by atoms with Crippen LogP contribution in [0.15, 0.2) is 58.2 Å². The second-order valence-electron chi connectivity index (χ2n) is 10.3. The lowest BCUT2D eigenvalue weighted by Gasteiger charge is -2.27. The van der Waals surface area contributed by atoms with E-state index in [1.54, 1.807) is 6.92 Å². The molecule has 3 N–H and O–H groups in total. The lowest BCUT2D eigenvalue weighted by molar-refractivity contribution is -0.140. The lowest BCUT2D eigenvalue weighted by atomic mass is 9.93. The third kappa shape index (κ3) is 8.95. The highest BCUT2D eigenvalue weighted by atomic mass is 79.9. The molecule has 0 bridgehead atoms. The molecule has 0 saturated heterocycles. The number of rotatable bonds is 6. The third-order valence-corrected chi connectivity index (χ3v) is 6.27. The van der Waals surface area contributed by atoms with Crippen LogP contribution in [0.4, 0.5) is 35.1 Å². The van der Waals surface area contributed by atoms with Gasteiger partial charge in [-0.05, 0) is 59.0 Å². The molecular weight excluding hydrogens is 656 g/mol. The summed E-state index contributed by atoms with van der Waals surface area (Å²) in [5.74, 6) is -2.14. The van der Waals surface area contributed by atoms with E-state index < -0.39 is 52.1 Å². The van der Waals surface area contributed by atoms with E-state index in [1.807, 2.05) is 18.8 Å². The molecule has 0 aliphatic heterocycles. The first-order valence-corrected chi connectivity index (χ1v) is 13.3. The molecule has 0 aliphatic rings. The predicted molar refractivity (Wildman–Crippen MR) is 147 cm³/mol. The highest BCUT2D eigenvalue weighted by molar-refractivity contribution is 9.10. The number of nitrogens with zero attached hydrogens (tertiary/aromatic N) is 2. The Morgan fingerprint density at radius 3 is 2.23 bits per heavy atom. The van der Waals surface area contributed by atoms with Gasteiger partial charge in [-0.3, -0.25) is 9.78 Å². The number of nitrogens with two attached hydrogens (primary N) is 1. The summed E-state index contributed by atoms with van der Waals surface area (Å²) in [6, 6.07) is 4.57. The van der Waals surface area contributed by atoms with Crippen LogP contribution in [-0.2, 0) is 12.4 Å². The summed E-state index contributed by atoms with van der Waals surface area (Å²) in [5, 5.41) is -0.0982. The Morgan fingerprint density at radius 2 is 1.65 bits per heavy atom. The van der Waals surface area contributed by atoms with Crippen molar-refractivity contribution >= 4 is 26.8 Å². The van der Waals surface area contributed by atoms with Crippen molar-refractivity contribution in [2.24, 2.45) is 11.7 Å². The molecule has 0 radical (unpaired) electrons. The minimum Gasteiger partial charge on any atom is -0.475 e. The van der Waals surface area contributed by atoms with Gasteiger partial charge in [0.1, 0.15) is 29.4 Å². The number of fused-ring (bicyclic) bond motifs is 1. The summed E-state index contributed by atoms with van der Waals surface area (Å²) in [6.45, 7) is 5.43. The fraction of sp³-hybridized carbons (Fsp3) is 0.321. The Bertz CT molecular complexity index is 1650. The number of benzene rings is 1. The molecule has 0 saturated carbocycles. The molecule has 0 unspecified atom stereocenters. The maximum atomic E-state index is 14.4. The summed E-state index contributed by atoms with van der Waals surface area (Å²) >= 11 is 2.82. The van der Waals surface area contributed by atoms with Crippen molar-refractivity contribution in [3.05, 3.63) is 86.5 Å². The molecule has 0 amide bonds. The van der Waals surface area contributed by atoms with Gasteiger partial charge in [0.2, 0.25) is 5.88 Å². The molecule has 232 valence electrons. The first kappa shape index (κ1) is 33.9. The van der Waals surface area contributed by atoms with E-state index in [9.17, 15) is 39.9 Å². The second-order valence-corrected chi connectivity index (χ2v) is 11.2. The van der Waals surface area contributed by atoms with Crippen LogP contribution >= 0.6 is 15.9 Å². The molecule has 3 aromatic heterocycles. The van der Waals surface area contributed by atoms with Crippen molar-refractivity contribution in [2.75, 3.05) is 6.61 Å². The molecule has 0 fully saturated rings. The van der Waals surface area contributed by atoms with Gasteiger partial charge in [0.15, 0.2) is 0 Å². The van der Waals surface area contributed by atoms with Crippen molar-refractivity contribution in [2.45, 2.75) is 45.1 Å². The number of nitrogens with one attached hydrogen (secondary N) is 1. The average molecular weight is 681 g/mol. The summed E-state index contributed by atoms with van der Waals surface area (Å²) in [6.07, 6.45) is -5.26. The van der Waals surface area contributed by atoms with Crippen LogP contribution in [0.2, 0.25) is 0 Å². The number of ether oxygens (including phenoxy) is 1. The van der Waals surface area contributed by atoms with Crippen LogP contribution in [0.3, 0.4) is 0 Å². The van der Waals surface area contributed by atoms with Crippen LogP contribution in [0.5, 0.6) is 5.88 Å². The van der Waals surface area contributed by atoms with Gasteiger partial charge in [-0.15, -0.1) is 0 Å². The van der Waals surface area contributed by atoms with Crippen molar-refractivity contribution in [1.29, 1.82) is 0 Å². The fourth-order valence-corrected chi connectivity index (χ4v) is 4.60. The number of H-pyrrole nitrogens is 1. The normalized spacial score (nSPS) is 13.4. The highest BCUT2D eigenvalue weighted by Gasteiger charge is 2.37. The van der Waals surface area contributed by atoms with Gasteiger partial charge in [-0.2, -0.15) is 26.3 Å². The zero-order valence-electron chi connectivity index (χ0n) is 22.8. The Labute approximate surface area is 248 Å². The van der Waals surface area contributed by atoms with Crippen molar-refractivity contribution in [3.63, 3.8) is 0 Å². The predicted octanol–water partition coefficient (Wildman–Crippen LogP) is 7.89. The number of hydrogen-bond acceptors (Lipinski definition) is 5. The molecule has 43 heavy (non-hydrogen) atoms. The average Bonchev–Trinajstić information content (AvgIpc) is 2.87. The SMILES string of the molecule is CC(C)C[C@](C)(N)COc1ncc(-c2ccnc3cc(F)cc(F)c23)cc1C(F)(F)F.O=c1[nH]cc(Br)cc1C(F)(F)F. The molecule has 6 nitrogen and oxygen atoms in total. The fourth-order valence-electron chi connectivity index (χ4n) is 4.25. The Kier molecular flexibility index (Phi) is 10.2. The van der Waals surface area contributed by atoms with E-state index in [0.717, 1.165) is 30.6 Å². The smallest absolute Gasteiger partial charge is 0.421 e.